The fraction of sp³-hybridized carbons (Fsp3) is 0.833. The lowest BCUT2D eigenvalue weighted by atomic mass is 9.96. The lowest BCUT2D eigenvalue weighted by molar-refractivity contribution is 0.192. The maximum atomic E-state index is 5.34. The molecule has 2 unspecified atom stereocenters. The van der Waals surface area contributed by atoms with Gasteiger partial charge in [-0.05, 0) is 38.3 Å². The van der Waals surface area contributed by atoms with Crippen LogP contribution in [-0.2, 0) is 11.2 Å². The van der Waals surface area contributed by atoms with Crippen LogP contribution < -0.4 is 5.32 Å². The van der Waals surface area contributed by atoms with E-state index in [9.17, 15) is 0 Å². The average Bonchev–Trinajstić information content (AvgIpc) is 3.00. The Bertz CT molecular complexity index is 354. The van der Waals surface area contributed by atoms with E-state index in [1.54, 1.807) is 0 Å². The zero-order valence-corrected chi connectivity index (χ0v) is 10.0. The molecule has 3 heterocycles. The molecule has 0 aromatic carbocycles. The number of rotatable bonds is 3. The van der Waals surface area contributed by atoms with Crippen LogP contribution in [0, 0.1) is 5.92 Å². The van der Waals surface area contributed by atoms with Crippen LogP contribution in [0.25, 0.3) is 0 Å². The molecule has 0 spiro atoms. The molecular formula is C12H19N3O2. The Morgan fingerprint density at radius 1 is 1.35 bits per heavy atom. The summed E-state index contributed by atoms with van der Waals surface area (Å²) in [7, 11) is 0. The minimum absolute atomic E-state index is 0.344. The average molecular weight is 237 g/mol. The van der Waals surface area contributed by atoms with E-state index in [0.29, 0.717) is 11.8 Å². The molecule has 17 heavy (non-hydrogen) atoms. The molecule has 2 fully saturated rings. The van der Waals surface area contributed by atoms with Crippen LogP contribution in [0.5, 0.6) is 0 Å². The van der Waals surface area contributed by atoms with E-state index in [0.717, 1.165) is 50.9 Å². The van der Waals surface area contributed by atoms with E-state index >= 15 is 0 Å². The molecule has 0 radical (unpaired) electrons. The van der Waals surface area contributed by atoms with Gasteiger partial charge in [-0.25, -0.2) is 0 Å². The van der Waals surface area contributed by atoms with Gasteiger partial charge in [0.1, 0.15) is 0 Å². The van der Waals surface area contributed by atoms with Crippen molar-refractivity contribution < 1.29 is 9.26 Å². The Morgan fingerprint density at radius 3 is 3.12 bits per heavy atom. The number of ether oxygens (including phenoxy) is 1. The second-order valence-electron chi connectivity index (χ2n) is 5.02. The van der Waals surface area contributed by atoms with Crippen LogP contribution in [0.3, 0.4) is 0 Å². The van der Waals surface area contributed by atoms with Crippen LogP contribution >= 0.6 is 0 Å². The number of nitrogens with zero attached hydrogens (tertiary/aromatic N) is 2. The minimum Gasteiger partial charge on any atom is -0.381 e. The van der Waals surface area contributed by atoms with Gasteiger partial charge >= 0.3 is 0 Å². The maximum Gasteiger partial charge on any atom is 0.226 e. The topological polar surface area (TPSA) is 60.2 Å². The first kappa shape index (κ1) is 11.2. The van der Waals surface area contributed by atoms with Gasteiger partial charge in [0, 0.05) is 18.9 Å². The fourth-order valence-electron chi connectivity index (χ4n) is 2.60. The van der Waals surface area contributed by atoms with Crippen LogP contribution in [0.2, 0.25) is 0 Å². The number of hydrogen-bond acceptors (Lipinski definition) is 5. The molecule has 3 rings (SSSR count). The highest BCUT2D eigenvalue weighted by Gasteiger charge is 2.24. The van der Waals surface area contributed by atoms with Gasteiger partial charge in [-0.1, -0.05) is 5.16 Å². The molecule has 2 atom stereocenters. The van der Waals surface area contributed by atoms with Gasteiger partial charge in [-0.15, -0.1) is 0 Å². The van der Waals surface area contributed by atoms with Crippen molar-refractivity contribution in [2.45, 2.75) is 31.6 Å². The van der Waals surface area contributed by atoms with Gasteiger partial charge in [0.25, 0.3) is 0 Å². The van der Waals surface area contributed by atoms with Crippen molar-refractivity contribution in [3.05, 3.63) is 11.7 Å². The molecule has 5 heteroatoms. The third-order valence-electron chi connectivity index (χ3n) is 3.64. The van der Waals surface area contributed by atoms with Crippen molar-refractivity contribution in [2.24, 2.45) is 5.92 Å². The second-order valence-corrected chi connectivity index (χ2v) is 5.02. The summed E-state index contributed by atoms with van der Waals surface area (Å²) in [4.78, 5) is 4.50. The van der Waals surface area contributed by atoms with Gasteiger partial charge in [0.15, 0.2) is 5.82 Å². The standard InChI is InChI=1S/C12H19N3O2/c1-2-9(7-13-4-1)6-11-14-12(15-17-11)10-3-5-16-8-10/h9-10,13H,1-8H2. The zero-order valence-electron chi connectivity index (χ0n) is 10.0. The third-order valence-corrected chi connectivity index (χ3v) is 3.64. The lowest BCUT2D eigenvalue weighted by Gasteiger charge is -2.20. The summed E-state index contributed by atoms with van der Waals surface area (Å²) in [5.74, 6) is 2.62. The normalized spacial score (nSPS) is 29.6. The highest BCUT2D eigenvalue weighted by molar-refractivity contribution is 4.98. The van der Waals surface area contributed by atoms with Crippen molar-refractivity contribution >= 4 is 0 Å². The smallest absolute Gasteiger partial charge is 0.226 e. The monoisotopic (exact) mass is 237 g/mol. The van der Waals surface area contributed by atoms with Gasteiger partial charge in [0.2, 0.25) is 5.89 Å². The molecule has 0 aliphatic carbocycles. The summed E-state index contributed by atoms with van der Waals surface area (Å²) in [6, 6.07) is 0. The summed E-state index contributed by atoms with van der Waals surface area (Å²) >= 11 is 0. The molecule has 1 aromatic heterocycles. The van der Waals surface area contributed by atoms with Crippen LogP contribution in [0.1, 0.15) is 36.9 Å². The van der Waals surface area contributed by atoms with Crippen molar-refractivity contribution in [3.63, 3.8) is 0 Å². The van der Waals surface area contributed by atoms with Crippen LogP contribution in [-0.4, -0.2) is 36.4 Å². The van der Waals surface area contributed by atoms with Crippen molar-refractivity contribution in [2.75, 3.05) is 26.3 Å². The first-order valence-electron chi connectivity index (χ1n) is 6.53. The van der Waals surface area contributed by atoms with E-state index in [1.807, 2.05) is 0 Å². The Labute approximate surface area is 101 Å². The van der Waals surface area contributed by atoms with Gasteiger partial charge in [-0.3, -0.25) is 0 Å². The van der Waals surface area contributed by atoms with E-state index in [-0.39, 0.29) is 0 Å². The molecule has 2 aliphatic rings. The molecule has 2 saturated heterocycles. The van der Waals surface area contributed by atoms with Gasteiger partial charge < -0.3 is 14.6 Å². The summed E-state index contributed by atoms with van der Waals surface area (Å²) in [5.41, 5.74) is 0. The molecule has 0 bridgehead atoms. The second kappa shape index (κ2) is 5.14. The quantitative estimate of drug-likeness (QED) is 0.853. The Hall–Kier alpha value is -0.940. The van der Waals surface area contributed by atoms with Gasteiger partial charge in [-0.2, -0.15) is 4.98 Å². The molecule has 1 aromatic rings. The Balaban J connectivity index is 1.59. The first-order chi connectivity index (χ1) is 8.42. The summed E-state index contributed by atoms with van der Waals surface area (Å²) in [6.07, 6.45) is 4.44. The number of aromatic nitrogens is 2. The highest BCUT2D eigenvalue weighted by Crippen LogP contribution is 2.23. The molecular weight excluding hydrogens is 218 g/mol. The maximum absolute atomic E-state index is 5.34. The van der Waals surface area contributed by atoms with Crippen molar-refractivity contribution in [1.82, 2.24) is 15.5 Å². The predicted octanol–water partition coefficient (Wildman–Crippen LogP) is 1.12. The SMILES string of the molecule is C1CNCC(Cc2nc(C3CCOC3)no2)C1. The van der Waals surface area contributed by atoms with Crippen LogP contribution in [0.4, 0.5) is 0 Å². The number of piperidine rings is 1. The zero-order chi connectivity index (χ0) is 11.5. The summed E-state index contributed by atoms with van der Waals surface area (Å²) in [5, 5.41) is 7.48. The third kappa shape index (κ3) is 2.66. The molecule has 0 amide bonds. The molecule has 94 valence electrons. The fourth-order valence-corrected chi connectivity index (χ4v) is 2.60. The number of hydrogen-bond donors (Lipinski definition) is 1. The summed E-state index contributed by atoms with van der Waals surface area (Å²) in [6.45, 7) is 3.78. The molecule has 1 N–H and O–H groups in total. The summed E-state index contributed by atoms with van der Waals surface area (Å²) < 4.78 is 10.7. The van der Waals surface area contributed by atoms with Crippen molar-refractivity contribution in [1.29, 1.82) is 0 Å². The molecule has 5 nitrogen and oxygen atoms in total. The minimum atomic E-state index is 0.344. The molecule has 2 aliphatic heterocycles. The largest absolute Gasteiger partial charge is 0.381 e. The van der Waals surface area contributed by atoms with Crippen LogP contribution in [0.15, 0.2) is 4.52 Å². The van der Waals surface area contributed by atoms with E-state index in [1.165, 1.54) is 12.8 Å². The lowest BCUT2D eigenvalue weighted by Crippen LogP contribution is -2.30. The number of nitrogens with one attached hydrogen (secondary N) is 1. The predicted molar refractivity (Wildman–Crippen MR) is 61.8 cm³/mol. The Morgan fingerprint density at radius 2 is 2.35 bits per heavy atom. The highest BCUT2D eigenvalue weighted by atomic mass is 16.5. The van der Waals surface area contributed by atoms with Gasteiger partial charge in [0.05, 0.1) is 6.61 Å². The van der Waals surface area contributed by atoms with E-state index in [2.05, 4.69) is 15.5 Å². The Kier molecular flexibility index (Phi) is 3.38. The van der Waals surface area contributed by atoms with E-state index < -0.39 is 0 Å². The van der Waals surface area contributed by atoms with E-state index in [4.69, 9.17) is 9.26 Å². The molecule has 0 saturated carbocycles. The van der Waals surface area contributed by atoms with Crippen molar-refractivity contribution in [3.8, 4) is 0 Å². The first-order valence-corrected chi connectivity index (χ1v) is 6.53.